The van der Waals surface area contributed by atoms with Gasteiger partial charge in [-0.2, -0.15) is 0 Å². The first-order valence-electron chi connectivity index (χ1n) is 8.57. The molecule has 1 atom stereocenters. The van der Waals surface area contributed by atoms with Gasteiger partial charge in [0, 0.05) is 11.4 Å². The average Bonchev–Trinajstić information content (AvgIpc) is 2.68. The fourth-order valence-electron chi connectivity index (χ4n) is 3.30. The molecule has 140 valence electrons. The van der Waals surface area contributed by atoms with Crippen LogP contribution >= 0.6 is 12.2 Å². The first-order valence-corrected chi connectivity index (χ1v) is 8.98. The molecule has 0 bridgehead atoms. The van der Waals surface area contributed by atoms with Crippen molar-refractivity contribution in [2.45, 2.75) is 19.9 Å². The monoisotopic (exact) mass is 382 g/mol. The number of ether oxygens (including phenoxy) is 2. The van der Waals surface area contributed by atoms with Crippen molar-refractivity contribution in [2.24, 2.45) is 0 Å². The molecule has 0 spiro atoms. The molecule has 0 amide bonds. The number of benzene rings is 2. The summed E-state index contributed by atoms with van der Waals surface area (Å²) >= 11 is 5.64. The molecule has 0 aromatic heterocycles. The Labute approximate surface area is 164 Å². The molecule has 2 aromatic carbocycles. The van der Waals surface area contributed by atoms with Gasteiger partial charge in [0.1, 0.15) is 5.75 Å². The summed E-state index contributed by atoms with van der Waals surface area (Å²) in [5, 5.41) is 3.84. The molecule has 1 aliphatic heterocycles. The number of thiocarbonyl (C=S) groups is 1. The van der Waals surface area contributed by atoms with Crippen LogP contribution in [0.5, 0.6) is 5.75 Å². The Kier molecular flexibility index (Phi) is 5.46. The number of hydrogen-bond donors (Lipinski definition) is 1. The number of carbonyl (C=O) groups excluding carboxylic acids is 1. The van der Waals surface area contributed by atoms with Crippen molar-refractivity contribution in [1.29, 1.82) is 0 Å². The zero-order valence-corrected chi connectivity index (χ0v) is 16.6. The highest BCUT2D eigenvalue weighted by Gasteiger charge is 2.35. The third-order valence-corrected chi connectivity index (χ3v) is 5.02. The SMILES string of the molecule is COC(=O)C1=C(C)N(c2ccc(OC)cc2)C(=S)NC1c1ccccc1C. The maximum absolute atomic E-state index is 12.6. The quantitative estimate of drug-likeness (QED) is 0.640. The van der Waals surface area contributed by atoms with Crippen LogP contribution in [0, 0.1) is 6.92 Å². The molecule has 27 heavy (non-hydrogen) atoms. The second-order valence-electron chi connectivity index (χ2n) is 6.26. The highest BCUT2D eigenvalue weighted by Crippen LogP contribution is 2.35. The number of esters is 1. The number of nitrogens with one attached hydrogen (secondary N) is 1. The lowest BCUT2D eigenvalue weighted by molar-refractivity contribution is -0.136. The first-order chi connectivity index (χ1) is 13.0. The van der Waals surface area contributed by atoms with Gasteiger partial charge in [0.2, 0.25) is 0 Å². The van der Waals surface area contributed by atoms with Gasteiger partial charge in [-0.25, -0.2) is 4.79 Å². The number of methoxy groups -OCH3 is 2. The van der Waals surface area contributed by atoms with E-state index < -0.39 is 0 Å². The number of rotatable bonds is 4. The molecule has 0 radical (unpaired) electrons. The van der Waals surface area contributed by atoms with Crippen molar-refractivity contribution in [3.8, 4) is 5.75 Å². The lowest BCUT2D eigenvalue weighted by Gasteiger charge is -2.37. The summed E-state index contributed by atoms with van der Waals surface area (Å²) in [6.45, 7) is 3.90. The van der Waals surface area contributed by atoms with Crippen LogP contribution in [0.1, 0.15) is 24.1 Å². The molecule has 0 aliphatic carbocycles. The Balaban J connectivity index is 2.13. The van der Waals surface area contributed by atoms with E-state index in [1.54, 1.807) is 7.11 Å². The largest absolute Gasteiger partial charge is 0.497 e. The standard InChI is InChI=1S/C21H22N2O3S/c1-13-7-5-6-8-17(13)19-18(20(24)26-4)14(2)23(21(27)22-19)15-9-11-16(25-3)12-10-15/h5-12,19H,1-4H3,(H,22,27). The van der Waals surface area contributed by atoms with E-state index in [-0.39, 0.29) is 12.0 Å². The second-order valence-corrected chi connectivity index (χ2v) is 6.65. The molecule has 6 heteroatoms. The molecular weight excluding hydrogens is 360 g/mol. The highest BCUT2D eigenvalue weighted by molar-refractivity contribution is 7.80. The molecule has 1 N–H and O–H groups in total. The van der Waals surface area contributed by atoms with Gasteiger partial charge < -0.3 is 14.8 Å². The maximum Gasteiger partial charge on any atom is 0.337 e. The lowest BCUT2D eigenvalue weighted by Crippen LogP contribution is -2.48. The van der Waals surface area contributed by atoms with E-state index in [1.807, 2.05) is 67.3 Å². The van der Waals surface area contributed by atoms with E-state index in [4.69, 9.17) is 21.7 Å². The van der Waals surface area contributed by atoms with Crippen molar-refractivity contribution in [2.75, 3.05) is 19.1 Å². The molecule has 0 fully saturated rings. The lowest BCUT2D eigenvalue weighted by atomic mass is 9.92. The Bertz CT molecular complexity index is 906. The second kappa shape index (κ2) is 7.80. The van der Waals surface area contributed by atoms with Crippen LogP contribution in [0.25, 0.3) is 0 Å². The predicted molar refractivity (Wildman–Crippen MR) is 110 cm³/mol. The molecule has 1 heterocycles. The summed E-state index contributed by atoms with van der Waals surface area (Å²) in [4.78, 5) is 14.5. The predicted octanol–water partition coefficient (Wildman–Crippen LogP) is 3.89. The summed E-state index contributed by atoms with van der Waals surface area (Å²) in [5.74, 6) is 0.372. The Hall–Kier alpha value is -2.86. The number of aryl methyl sites for hydroxylation is 1. The maximum atomic E-state index is 12.6. The number of allylic oxidation sites excluding steroid dienone is 1. The van der Waals surface area contributed by atoms with Crippen LogP contribution in [0.3, 0.4) is 0 Å². The van der Waals surface area contributed by atoms with Crippen LogP contribution in [0.15, 0.2) is 59.8 Å². The van der Waals surface area contributed by atoms with Gasteiger partial charge in [-0.1, -0.05) is 24.3 Å². The molecule has 5 nitrogen and oxygen atoms in total. The van der Waals surface area contributed by atoms with Crippen LogP contribution in [-0.4, -0.2) is 25.3 Å². The summed E-state index contributed by atoms with van der Waals surface area (Å²) in [5.41, 5.74) is 4.19. The fraction of sp³-hybridized carbons (Fsp3) is 0.238. The average molecular weight is 382 g/mol. The van der Waals surface area contributed by atoms with E-state index in [1.165, 1.54) is 7.11 Å². The van der Waals surface area contributed by atoms with Gasteiger partial charge in [0.05, 0.1) is 25.8 Å². The zero-order valence-electron chi connectivity index (χ0n) is 15.8. The van der Waals surface area contributed by atoms with Crippen LogP contribution < -0.4 is 15.0 Å². The van der Waals surface area contributed by atoms with Crippen molar-refractivity contribution in [3.63, 3.8) is 0 Å². The van der Waals surface area contributed by atoms with Gasteiger partial charge in [0.25, 0.3) is 0 Å². The van der Waals surface area contributed by atoms with Gasteiger partial charge >= 0.3 is 5.97 Å². The summed E-state index contributed by atoms with van der Waals surface area (Å²) in [6.07, 6.45) is 0. The number of nitrogens with zero attached hydrogens (tertiary/aromatic N) is 1. The van der Waals surface area contributed by atoms with Crippen molar-refractivity contribution >= 4 is 29.0 Å². The van der Waals surface area contributed by atoms with Crippen LogP contribution in [0.4, 0.5) is 5.69 Å². The zero-order chi connectivity index (χ0) is 19.6. The van der Waals surface area contributed by atoms with Gasteiger partial charge in [-0.05, 0) is 61.5 Å². The Morgan fingerprint density at radius 1 is 1.07 bits per heavy atom. The van der Waals surface area contributed by atoms with E-state index >= 15 is 0 Å². The Morgan fingerprint density at radius 3 is 2.33 bits per heavy atom. The molecule has 1 unspecified atom stereocenters. The molecule has 0 saturated carbocycles. The van der Waals surface area contributed by atoms with Gasteiger partial charge in [0.15, 0.2) is 5.11 Å². The minimum absolute atomic E-state index is 0.361. The van der Waals surface area contributed by atoms with Gasteiger partial charge in [-0.15, -0.1) is 0 Å². The third-order valence-electron chi connectivity index (χ3n) is 4.72. The van der Waals surface area contributed by atoms with E-state index in [9.17, 15) is 4.79 Å². The minimum Gasteiger partial charge on any atom is -0.497 e. The van der Waals surface area contributed by atoms with Crippen molar-refractivity contribution in [3.05, 3.63) is 70.9 Å². The number of anilines is 1. The van der Waals surface area contributed by atoms with Crippen molar-refractivity contribution in [1.82, 2.24) is 5.32 Å². The third kappa shape index (κ3) is 3.53. The molecule has 0 saturated heterocycles. The van der Waals surface area contributed by atoms with E-state index in [0.717, 1.165) is 28.3 Å². The van der Waals surface area contributed by atoms with E-state index in [2.05, 4.69) is 5.32 Å². The number of hydrogen-bond acceptors (Lipinski definition) is 4. The fourth-order valence-corrected chi connectivity index (χ4v) is 3.66. The normalized spacial score (nSPS) is 16.8. The molecule has 2 aromatic rings. The van der Waals surface area contributed by atoms with Gasteiger partial charge in [-0.3, -0.25) is 4.90 Å². The molecular formula is C21H22N2O3S. The first kappa shape index (κ1) is 18.9. The van der Waals surface area contributed by atoms with Crippen molar-refractivity contribution < 1.29 is 14.3 Å². The minimum atomic E-state index is -0.380. The highest BCUT2D eigenvalue weighted by atomic mass is 32.1. The summed E-state index contributed by atoms with van der Waals surface area (Å²) in [7, 11) is 3.01. The summed E-state index contributed by atoms with van der Waals surface area (Å²) < 4.78 is 10.3. The molecule has 1 aliphatic rings. The molecule has 3 rings (SSSR count). The summed E-state index contributed by atoms with van der Waals surface area (Å²) in [6, 6.07) is 15.1. The topological polar surface area (TPSA) is 50.8 Å². The smallest absolute Gasteiger partial charge is 0.337 e. The van der Waals surface area contributed by atoms with Crippen LogP contribution in [-0.2, 0) is 9.53 Å². The number of carbonyl (C=O) groups is 1. The van der Waals surface area contributed by atoms with Crippen LogP contribution in [0.2, 0.25) is 0 Å². The Morgan fingerprint density at radius 2 is 1.74 bits per heavy atom. The van der Waals surface area contributed by atoms with E-state index in [0.29, 0.717) is 10.7 Å².